The Morgan fingerprint density at radius 3 is 2.50 bits per heavy atom. The lowest BCUT2D eigenvalue weighted by molar-refractivity contribution is -0.693. The van der Waals surface area contributed by atoms with E-state index in [-0.39, 0.29) is 0 Å². The van der Waals surface area contributed by atoms with Gasteiger partial charge in [-0.2, -0.15) is 4.57 Å². The van der Waals surface area contributed by atoms with E-state index in [1.54, 1.807) is 0 Å². The van der Waals surface area contributed by atoms with Crippen molar-refractivity contribution >= 4 is 0 Å². The molecule has 0 bridgehead atoms. The van der Waals surface area contributed by atoms with Gasteiger partial charge in [0.2, 0.25) is 0 Å². The molecule has 0 radical (unpaired) electrons. The summed E-state index contributed by atoms with van der Waals surface area (Å²) in [5.41, 5.74) is 3.62. The van der Waals surface area contributed by atoms with E-state index in [1.807, 2.05) is 36.7 Å². The first-order valence-electron chi connectivity index (χ1n) is 5.99. The molecule has 0 aliphatic rings. The van der Waals surface area contributed by atoms with E-state index in [2.05, 4.69) is 41.0 Å². The quantitative estimate of drug-likeness (QED) is 0.577. The number of allylic oxidation sites excluding steroid dienone is 2. The van der Waals surface area contributed by atoms with Gasteiger partial charge in [-0.25, -0.2) is 0 Å². The van der Waals surface area contributed by atoms with Crippen LogP contribution in [0.2, 0.25) is 0 Å². The number of nitrogens with zero attached hydrogens (tertiary/aromatic N) is 2. The van der Waals surface area contributed by atoms with E-state index in [0.29, 0.717) is 0 Å². The topological polar surface area (TPSA) is 16.8 Å². The average molecular weight is 237 g/mol. The number of hydrogen-bond acceptors (Lipinski definition) is 1. The number of pyridine rings is 2. The van der Waals surface area contributed by atoms with E-state index in [1.165, 1.54) is 16.8 Å². The highest BCUT2D eigenvalue weighted by Crippen LogP contribution is 2.17. The molecule has 0 atom stereocenters. The molecule has 0 aliphatic heterocycles. The van der Waals surface area contributed by atoms with Gasteiger partial charge in [0.05, 0.1) is 6.42 Å². The lowest BCUT2D eigenvalue weighted by Crippen LogP contribution is -2.37. The SMILES string of the molecule is C=CCc1cc(-c2ccncc2)cc[n+]1CC=C. The van der Waals surface area contributed by atoms with Gasteiger partial charge < -0.3 is 0 Å². The first-order valence-corrected chi connectivity index (χ1v) is 5.99. The van der Waals surface area contributed by atoms with Gasteiger partial charge in [0.25, 0.3) is 0 Å². The van der Waals surface area contributed by atoms with Gasteiger partial charge in [-0.1, -0.05) is 12.7 Å². The Morgan fingerprint density at radius 1 is 1.06 bits per heavy atom. The van der Waals surface area contributed by atoms with E-state index in [0.717, 1.165) is 13.0 Å². The van der Waals surface area contributed by atoms with Gasteiger partial charge in [-0.05, 0) is 29.3 Å². The molecular weight excluding hydrogens is 220 g/mol. The molecule has 0 aromatic carbocycles. The van der Waals surface area contributed by atoms with Crippen molar-refractivity contribution in [1.82, 2.24) is 4.98 Å². The fourth-order valence-corrected chi connectivity index (χ4v) is 1.94. The van der Waals surface area contributed by atoms with Crippen LogP contribution >= 0.6 is 0 Å². The third-order valence-electron chi connectivity index (χ3n) is 2.82. The molecule has 18 heavy (non-hydrogen) atoms. The van der Waals surface area contributed by atoms with E-state index >= 15 is 0 Å². The van der Waals surface area contributed by atoms with E-state index < -0.39 is 0 Å². The van der Waals surface area contributed by atoms with Gasteiger partial charge in [-0.3, -0.25) is 4.98 Å². The van der Waals surface area contributed by atoms with Crippen LogP contribution in [0, 0.1) is 0 Å². The molecule has 0 saturated carbocycles. The van der Waals surface area contributed by atoms with Crippen LogP contribution in [0.25, 0.3) is 11.1 Å². The van der Waals surface area contributed by atoms with Crippen LogP contribution in [0.5, 0.6) is 0 Å². The summed E-state index contributed by atoms with van der Waals surface area (Å²) < 4.78 is 2.18. The number of rotatable bonds is 5. The van der Waals surface area contributed by atoms with Crippen molar-refractivity contribution in [1.29, 1.82) is 0 Å². The van der Waals surface area contributed by atoms with Crippen molar-refractivity contribution in [2.24, 2.45) is 0 Å². The number of aromatic nitrogens is 2. The van der Waals surface area contributed by atoms with Crippen LogP contribution in [-0.2, 0) is 13.0 Å². The molecule has 0 N–H and O–H groups in total. The summed E-state index contributed by atoms with van der Waals surface area (Å²) in [4.78, 5) is 4.04. The van der Waals surface area contributed by atoms with Crippen molar-refractivity contribution in [3.63, 3.8) is 0 Å². The van der Waals surface area contributed by atoms with Gasteiger partial charge in [-0.15, -0.1) is 6.58 Å². The highest BCUT2D eigenvalue weighted by Gasteiger charge is 2.09. The molecule has 2 heteroatoms. The van der Waals surface area contributed by atoms with Gasteiger partial charge in [0.1, 0.15) is 0 Å². The molecule has 2 nitrogen and oxygen atoms in total. The van der Waals surface area contributed by atoms with Crippen molar-refractivity contribution in [3.05, 3.63) is 73.9 Å². The minimum Gasteiger partial charge on any atom is -0.265 e. The maximum Gasteiger partial charge on any atom is 0.186 e. The lowest BCUT2D eigenvalue weighted by Gasteiger charge is -2.04. The lowest BCUT2D eigenvalue weighted by atomic mass is 10.1. The van der Waals surface area contributed by atoms with E-state index in [9.17, 15) is 0 Å². The van der Waals surface area contributed by atoms with Crippen LogP contribution in [0.3, 0.4) is 0 Å². The Balaban J connectivity index is 2.42. The normalized spacial score (nSPS) is 10.0. The molecule has 0 unspecified atom stereocenters. The second-order valence-electron chi connectivity index (χ2n) is 4.08. The first kappa shape index (κ1) is 12.2. The number of hydrogen-bond donors (Lipinski definition) is 0. The largest absolute Gasteiger partial charge is 0.265 e. The van der Waals surface area contributed by atoms with Crippen LogP contribution in [0.4, 0.5) is 0 Å². The minimum atomic E-state index is 0.819. The molecule has 0 saturated heterocycles. The molecule has 0 spiro atoms. The third kappa shape index (κ3) is 2.72. The Morgan fingerprint density at radius 2 is 1.83 bits per heavy atom. The predicted octanol–water partition coefficient (Wildman–Crippen LogP) is 2.95. The van der Waals surface area contributed by atoms with Crippen LogP contribution < -0.4 is 4.57 Å². The smallest absolute Gasteiger partial charge is 0.186 e. The van der Waals surface area contributed by atoms with Crippen molar-refractivity contribution in [2.45, 2.75) is 13.0 Å². The summed E-state index contributed by atoms with van der Waals surface area (Å²) in [5, 5.41) is 0. The standard InChI is InChI=1S/C16H17N2/c1-3-5-16-13-15(8-12-18(16)11-4-2)14-6-9-17-10-7-14/h3-4,6-10,12-13H,1-2,5,11H2/q+1. The zero-order valence-corrected chi connectivity index (χ0v) is 10.4. The summed E-state index contributed by atoms with van der Waals surface area (Å²) >= 11 is 0. The monoisotopic (exact) mass is 237 g/mol. The summed E-state index contributed by atoms with van der Waals surface area (Å²) in [6.45, 7) is 8.41. The second kappa shape index (κ2) is 5.92. The Hall–Kier alpha value is -2.22. The van der Waals surface area contributed by atoms with Crippen LogP contribution in [-0.4, -0.2) is 4.98 Å². The molecule has 2 rings (SSSR count). The molecule has 2 heterocycles. The Bertz CT molecular complexity index is 544. The van der Waals surface area contributed by atoms with Gasteiger partial charge in [0.15, 0.2) is 18.4 Å². The fourth-order valence-electron chi connectivity index (χ4n) is 1.94. The van der Waals surface area contributed by atoms with Crippen molar-refractivity contribution in [2.75, 3.05) is 0 Å². The average Bonchev–Trinajstić information content (AvgIpc) is 2.42. The maximum absolute atomic E-state index is 4.04. The summed E-state index contributed by atoms with van der Waals surface area (Å²) in [7, 11) is 0. The predicted molar refractivity (Wildman–Crippen MR) is 74.0 cm³/mol. The van der Waals surface area contributed by atoms with Crippen molar-refractivity contribution in [3.8, 4) is 11.1 Å². The highest BCUT2D eigenvalue weighted by atomic mass is 14.9. The zero-order chi connectivity index (χ0) is 12.8. The van der Waals surface area contributed by atoms with Gasteiger partial charge in [0, 0.05) is 24.5 Å². The zero-order valence-electron chi connectivity index (χ0n) is 10.4. The van der Waals surface area contributed by atoms with Crippen LogP contribution in [0.1, 0.15) is 5.69 Å². The summed E-state index contributed by atoms with van der Waals surface area (Å²) in [5.74, 6) is 0. The van der Waals surface area contributed by atoms with Crippen LogP contribution in [0.15, 0.2) is 68.2 Å². The molecule has 90 valence electrons. The molecule has 2 aromatic heterocycles. The summed E-state index contributed by atoms with van der Waals surface area (Å²) in [6, 6.07) is 8.35. The Kier molecular flexibility index (Phi) is 4.02. The molecule has 0 aliphatic carbocycles. The second-order valence-corrected chi connectivity index (χ2v) is 4.08. The van der Waals surface area contributed by atoms with E-state index in [4.69, 9.17) is 0 Å². The highest BCUT2D eigenvalue weighted by molar-refractivity contribution is 5.62. The molecular formula is C16H17N2+. The maximum atomic E-state index is 4.04. The van der Waals surface area contributed by atoms with Gasteiger partial charge >= 0.3 is 0 Å². The minimum absolute atomic E-state index is 0.819. The fraction of sp³-hybridized carbons (Fsp3) is 0.125. The first-order chi connectivity index (χ1) is 8.85. The van der Waals surface area contributed by atoms with Crippen molar-refractivity contribution < 1.29 is 4.57 Å². The molecule has 0 fully saturated rings. The summed E-state index contributed by atoms with van der Waals surface area (Å²) in [6.07, 6.45) is 10.4. The Labute approximate surface area is 108 Å². The molecule has 0 amide bonds. The molecule has 2 aromatic rings. The third-order valence-corrected chi connectivity index (χ3v) is 2.82.